The third-order valence-corrected chi connectivity index (χ3v) is 3.67. The van der Waals surface area contributed by atoms with Crippen LogP contribution in [0.1, 0.15) is 26.1 Å². The van der Waals surface area contributed by atoms with Crippen molar-refractivity contribution in [3.8, 4) is 0 Å². The average molecular weight is 288 g/mol. The minimum Gasteiger partial charge on any atom is -0.355 e. The molecule has 1 aromatic heterocycles. The van der Waals surface area contributed by atoms with Crippen molar-refractivity contribution in [3.05, 3.63) is 30.1 Å². The highest BCUT2D eigenvalue weighted by molar-refractivity contribution is 5.77. The fourth-order valence-corrected chi connectivity index (χ4v) is 2.34. The summed E-state index contributed by atoms with van der Waals surface area (Å²) in [5.74, 6) is 0.956. The third-order valence-electron chi connectivity index (χ3n) is 3.67. The molecule has 0 bridgehead atoms. The van der Waals surface area contributed by atoms with E-state index in [0.29, 0.717) is 19.4 Å². The number of rotatable bonds is 8. The summed E-state index contributed by atoms with van der Waals surface area (Å²) < 4.78 is 0. The SMILES string of the molecule is CCN(CC)CCNC(=O)CCc1nc2ccccc2[nH]1. The molecule has 2 aromatic rings. The fraction of sp³-hybridized carbons (Fsp3) is 0.500. The second-order valence-electron chi connectivity index (χ2n) is 5.08. The van der Waals surface area contributed by atoms with Gasteiger partial charge in [0.05, 0.1) is 11.0 Å². The Bertz CT molecular complexity index is 541. The lowest BCUT2D eigenvalue weighted by Crippen LogP contribution is -2.34. The number of fused-ring (bicyclic) bond motifs is 1. The first-order valence-corrected chi connectivity index (χ1v) is 7.65. The number of nitrogens with one attached hydrogen (secondary N) is 2. The molecule has 114 valence electrons. The van der Waals surface area contributed by atoms with Gasteiger partial charge in [-0.1, -0.05) is 26.0 Å². The molecule has 5 heteroatoms. The lowest BCUT2D eigenvalue weighted by Gasteiger charge is -2.17. The lowest BCUT2D eigenvalue weighted by atomic mass is 10.3. The van der Waals surface area contributed by atoms with E-state index in [4.69, 9.17) is 0 Å². The van der Waals surface area contributed by atoms with Gasteiger partial charge in [-0.05, 0) is 25.2 Å². The number of benzene rings is 1. The zero-order chi connectivity index (χ0) is 15.1. The molecule has 0 aliphatic carbocycles. The molecule has 0 saturated heterocycles. The predicted octanol–water partition coefficient (Wildman–Crippen LogP) is 1.95. The summed E-state index contributed by atoms with van der Waals surface area (Å²) in [6.45, 7) is 7.92. The van der Waals surface area contributed by atoms with Gasteiger partial charge in [0.1, 0.15) is 5.82 Å². The lowest BCUT2D eigenvalue weighted by molar-refractivity contribution is -0.121. The van der Waals surface area contributed by atoms with Crippen LogP contribution in [0, 0.1) is 0 Å². The van der Waals surface area contributed by atoms with Crippen LogP contribution >= 0.6 is 0 Å². The van der Waals surface area contributed by atoms with Crippen molar-refractivity contribution >= 4 is 16.9 Å². The summed E-state index contributed by atoms with van der Waals surface area (Å²) in [6, 6.07) is 7.91. The van der Waals surface area contributed by atoms with E-state index >= 15 is 0 Å². The molecule has 2 N–H and O–H groups in total. The van der Waals surface area contributed by atoms with Gasteiger partial charge in [-0.2, -0.15) is 0 Å². The maximum absolute atomic E-state index is 11.8. The van der Waals surface area contributed by atoms with Gasteiger partial charge in [0.2, 0.25) is 5.91 Å². The number of aromatic amines is 1. The van der Waals surface area contributed by atoms with Crippen LogP contribution in [0.15, 0.2) is 24.3 Å². The number of aromatic nitrogens is 2. The van der Waals surface area contributed by atoms with E-state index in [1.54, 1.807) is 0 Å². The summed E-state index contributed by atoms with van der Waals surface area (Å²) in [5, 5.41) is 2.96. The molecule has 1 heterocycles. The van der Waals surface area contributed by atoms with Gasteiger partial charge >= 0.3 is 0 Å². The van der Waals surface area contributed by atoms with E-state index in [1.165, 1.54) is 0 Å². The van der Waals surface area contributed by atoms with Crippen LogP contribution in [0.4, 0.5) is 0 Å². The van der Waals surface area contributed by atoms with Crippen molar-refractivity contribution in [1.82, 2.24) is 20.2 Å². The third kappa shape index (κ3) is 4.56. The first kappa shape index (κ1) is 15.5. The van der Waals surface area contributed by atoms with Crippen LogP contribution in [0.3, 0.4) is 0 Å². The van der Waals surface area contributed by atoms with Crippen molar-refractivity contribution in [2.75, 3.05) is 26.2 Å². The number of carbonyl (C=O) groups excluding carboxylic acids is 1. The van der Waals surface area contributed by atoms with Gasteiger partial charge in [0.25, 0.3) is 0 Å². The number of para-hydroxylation sites is 2. The molecule has 0 unspecified atom stereocenters. The summed E-state index contributed by atoms with van der Waals surface area (Å²) in [7, 11) is 0. The number of likely N-dealkylation sites (N-methyl/N-ethyl adjacent to an activating group) is 1. The van der Waals surface area contributed by atoms with Gasteiger partial charge < -0.3 is 15.2 Å². The molecular formula is C16H24N4O. The maximum atomic E-state index is 11.8. The van der Waals surface area contributed by atoms with Gasteiger partial charge in [-0.3, -0.25) is 4.79 Å². The van der Waals surface area contributed by atoms with Crippen LogP contribution in [0.2, 0.25) is 0 Å². The summed E-state index contributed by atoms with van der Waals surface area (Å²) >= 11 is 0. The molecule has 0 aliphatic rings. The maximum Gasteiger partial charge on any atom is 0.220 e. The molecule has 5 nitrogen and oxygen atoms in total. The highest BCUT2D eigenvalue weighted by Gasteiger charge is 2.06. The van der Waals surface area contributed by atoms with Crippen LogP contribution < -0.4 is 5.32 Å². The van der Waals surface area contributed by atoms with Gasteiger partial charge in [-0.15, -0.1) is 0 Å². The topological polar surface area (TPSA) is 61.0 Å². The van der Waals surface area contributed by atoms with Crippen molar-refractivity contribution in [3.63, 3.8) is 0 Å². The minimum absolute atomic E-state index is 0.0858. The van der Waals surface area contributed by atoms with Crippen LogP contribution in [0.5, 0.6) is 0 Å². The largest absolute Gasteiger partial charge is 0.355 e. The molecule has 0 aliphatic heterocycles. The van der Waals surface area contributed by atoms with E-state index in [-0.39, 0.29) is 5.91 Å². The van der Waals surface area contributed by atoms with E-state index in [1.807, 2.05) is 24.3 Å². The average Bonchev–Trinajstić information content (AvgIpc) is 2.92. The standard InChI is InChI=1S/C16H24N4O/c1-3-20(4-2)12-11-17-16(21)10-9-15-18-13-7-5-6-8-14(13)19-15/h5-8H,3-4,9-12H2,1-2H3,(H,17,21)(H,18,19). The molecule has 21 heavy (non-hydrogen) atoms. The molecule has 2 rings (SSSR count). The van der Waals surface area contributed by atoms with E-state index in [9.17, 15) is 4.79 Å². The number of hydrogen-bond donors (Lipinski definition) is 2. The van der Waals surface area contributed by atoms with Gasteiger partial charge in [0, 0.05) is 25.9 Å². The van der Waals surface area contributed by atoms with Crippen molar-refractivity contribution in [1.29, 1.82) is 0 Å². The first-order valence-electron chi connectivity index (χ1n) is 7.65. The second-order valence-corrected chi connectivity index (χ2v) is 5.08. The van der Waals surface area contributed by atoms with Gasteiger partial charge in [0.15, 0.2) is 0 Å². The molecule has 0 fully saturated rings. The molecule has 1 aromatic carbocycles. The normalized spacial score (nSPS) is 11.2. The zero-order valence-electron chi connectivity index (χ0n) is 12.9. The van der Waals surface area contributed by atoms with E-state index in [2.05, 4.69) is 34.0 Å². The number of nitrogens with zero attached hydrogens (tertiary/aromatic N) is 2. The first-order chi connectivity index (χ1) is 10.2. The minimum atomic E-state index is 0.0858. The molecule has 0 atom stereocenters. The number of carbonyl (C=O) groups is 1. The number of imidazole rings is 1. The summed E-state index contributed by atoms with van der Waals surface area (Å²) in [4.78, 5) is 21.8. The summed E-state index contributed by atoms with van der Waals surface area (Å²) in [5.41, 5.74) is 1.98. The highest BCUT2D eigenvalue weighted by atomic mass is 16.1. The molecule has 0 spiro atoms. The van der Waals surface area contributed by atoms with Crippen LogP contribution in [-0.4, -0.2) is 47.0 Å². The van der Waals surface area contributed by atoms with Crippen LogP contribution in [0.25, 0.3) is 11.0 Å². The van der Waals surface area contributed by atoms with E-state index in [0.717, 1.165) is 36.5 Å². The quantitative estimate of drug-likeness (QED) is 0.780. The molecule has 1 amide bonds. The highest BCUT2D eigenvalue weighted by Crippen LogP contribution is 2.11. The number of aryl methyl sites for hydroxylation is 1. The van der Waals surface area contributed by atoms with Crippen molar-refractivity contribution in [2.24, 2.45) is 0 Å². The Hall–Kier alpha value is -1.88. The van der Waals surface area contributed by atoms with Crippen molar-refractivity contribution in [2.45, 2.75) is 26.7 Å². The number of hydrogen-bond acceptors (Lipinski definition) is 3. The van der Waals surface area contributed by atoms with Crippen LogP contribution in [-0.2, 0) is 11.2 Å². The Morgan fingerprint density at radius 2 is 2.05 bits per heavy atom. The Balaban J connectivity index is 1.73. The monoisotopic (exact) mass is 288 g/mol. The Morgan fingerprint density at radius 1 is 1.29 bits per heavy atom. The second kappa shape index (κ2) is 7.78. The smallest absolute Gasteiger partial charge is 0.220 e. The van der Waals surface area contributed by atoms with Gasteiger partial charge in [-0.25, -0.2) is 4.98 Å². The number of amides is 1. The number of H-pyrrole nitrogens is 1. The fourth-order valence-electron chi connectivity index (χ4n) is 2.34. The predicted molar refractivity (Wildman–Crippen MR) is 85.2 cm³/mol. The van der Waals surface area contributed by atoms with E-state index < -0.39 is 0 Å². The summed E-state index contributed by atoms with van der Waals surface area (Å²) in [6.07, 6.45) is 1.11. The molecule has 0 radical (unpaired) electrons. The molecular weight excluding hydrogens is 264 g/mol. The van der Waals surface area contributed by atoms with Crippen molar-refractivity contribution < 1.29 is 4.79 Å². The Kier molecular flexibility index (Phi) is 5.75. The molecule has 0 saturated carbocycles. The Labute approximate surface area is 125 Å². The Morgan fingerprint density at radius 3 is 2.76 bits per heavy atom. The zero-order valence-corrected chi connectivity index (χ0v) is 12.9.